The van der Waals surface area contributed by atoms with Gasteiger partial charge < -0.3 is 25.0 Å². The maximum atomic E-state index is 5.12. The molecule has 8 heteroatoms. The highest BCUT2D eigenvalue weighted by Gasteiger charge is 2.30. The zero-order chi connectivity index (χ0) is 23.6. The van der Waals surface area contributed by atoms with E-state index in [1.165, 1.54) is 41.2 Å². The third-order valence-corrected chi connectivity index (χ3v) is 8.75. The number of rotatable bonds is 7. The molecule has 0 unspecified atom stereocenters. The molecule has 2 fully saturated rings. The number of piperazine rings is 1. The van der Waals surface area contributed by atoms with E-state index in [1.807, 2.05) is 11.8 Å². The Balaban J connectivity index is 1.15. The van der Waals surface area contributed by atoms with Crippen molar-refractivity contribution in [1.29, 1.82) is 0 Å². The molecule has 2 aromatic heterocycles. The van der Waals surface area contributed by atoms with Gasteiger partial charge >= 0.3 is 0 Å². The van der Waals surface area contributed by atoms with E-state index in [4.69, 9.17) is 9.97 Å². The van der Waals surface area contributed by atoms with E-state index in [9.17, 15) is 0 Å². The summed E-state index contributed by atoms with van der Waals surface area (Å²) in [6.07, 6.45) is 6.78. The molecule has 6 rings (SSSR count). The molecule has 2 atom stereocenters. The topological polar surface area (TPSA) is 61.3 Å². The molecular formula is C27H35N7S. The molecule has 3 aliphatic rings. The van der Waals surface area contributed by atoms with Gasteiger partial charge in [-0.1, -0.05) is 18.2 Å². The normalized spacial score (nSPS) is 22.0. The number of aryl methyl sites for hydroxylation is 2. The summed E-state index contributed by atoms with van der Waals surface area (Å²) in [6, 6.07) is 15.9. The number of aromatic nitrogens is 3. The monoisotopic (exact) mass is 489 g/mol. The van der Waals surface area contributed by atoms with E-state index < -0.39 is 0 Å². The quantitative estimate of drug-likeness (QED) is 0.522. The minimum atomic E-state index is 0.401. The first-order valence-electron chi connectivity index (χ1n) is 12.9. The zero-order valence-electron chi connectivity index (χ0n) is 20.5. The molecule has 7 nitrogen and oxygen atoms in total. The van der Waals surface area contributed by atoms with Crippen LogP contribution in [0.3, 0.4) is 0 Å². The van der Waals surface area contributed by atoms with Crippen LogP contribution < -0.4 is 20.4 Å². The first kappa shape index (κ1) is 22.7. The average Bonchev–Trinajstić information content (AvgIpc) is 3.65. The molecule has 184 valence electrons. The Labute approximate surface area is 212 Å². The molecule has 4 heterocycles. The highest BCUT2D eigenvalue weighted by molar-refractivity contribution is 7.99. The number of nitrogens with one attached hydrogen (secondary N) is 2. The number of nitrogens with zero attached hydrogens (tertiary/aromatic N) is 5. The van der Waals surface area contributed by atoms with Gasteiger partial charge in [-0.3, -0.25) is 0 Å². The number of anilines is 3. The molecule has 2 N–H and O–H groups in total. The van der Waals surface area contributed by atoms with Crippen LogP contribution in [0.5, 0.6) is 0 Å². The van der Waals surface area contributed by atoms with Crippen LogP contribution in [0, 0.1) is 0 Å². The summed E-state index contributed by atoms with van der Waals surface area (Å²) < 4.78 is 2.20. The van der Waals surface area contributed by atoms with Gasteiger partial charge in [0.1, 0.15) is 5.82 Å². The molecule has 1 saturated heterocycles. The zero-order valence-corrected chi connectivity index (χ0v) is 21.3. The molecule has 1 aromatic carbocycles. The third-order valence-electron chi connectivity index (χ3n) is 7.63. The fraction of sp³-hybridized carbons (Fsp3) is 0.481. The highest BCUT2D eigenvalue weighted by Crippen LogP contribution is 2.38. The summed E-state index contributed by atoms with van der Waals surface area (Å²) in [5.74, 6) is 3.05. The van der Waals surface area contributed by atoms with Crippen molar-refractivity contribution in [3.05, 3.63) is 60.0 Å². The maximum absolute atomic E-state index is 5.12. The lowest BCUT2D eigenvalue weighted by molar-refractivity contribution is 0.483. The predicted molar refractivity (Wildman–Crippen MR) is 145 cm³/mol. The fourth-order valence-electron chi connectivity index (χ4n) is 5.57. The largest absolute Gasteiger partial charge is 0.368 e. The van der Waals surface area contributed by atoms with Crippen molar-refractivity contribution in [3.63, 3.8) is 0 Å². The average molecular weight is 490 g/mol. The van der Waals surface area contributed by atoms with Crippen molar-refractivity contribution in [3.8, 4) is 0 Å². The van der Waals surface area contributed by atoms with Gasteiger partial charge in [0.05, 0.1) is 10.6 Å². The Morgan fingerprint density at radius 2 is 1.74 bits per heavy atom. The van der Waals surface area contributed by atoms with E-state index >= 15 is 0 Å². The van der Waals surface area contributed by atoms with Gasteiger partial charge in [0.2, 0.25) is 5.95 Å². The summed E-state index contributed by atoms with van der Waals surface area (Å²) in [4.78, 5) is 16.2. The molecular weight excluding hydrogens is 454 g/mol. The Morgan fingerprint density at radius 1 is 0.943 bits per heavy atom. The smallest absolute Gasteiger partial charge is 0.227 e. The second-order valence-electron chi connectivity index (χ2n) is 9.84. The molecule has 0 radical (unpaired) electrons. The molecule has 2 aliphatic heterocycles. The number of thioether (sulfide) groups is 1. The van der Waals surface area contributed by atoms with Crippen LogP contribution in [0.1, 0.15) is 30.7 Å². The second kappa shape index (κ2) is 10.1. The number of para-hydroxylation sites is 1. The third kappa shape index (κ3) is 4.86. The van der Waals surface area contributed by atoms with E-state index in [0.29, 0.717) is 12.1 Å². The first-order valence-corrected chi connectivity index (χ1v) is 13.9. The van der Waals surface area contributed by atoms with Gasteiger partial charge in [-0.15, -0.1) is 11.8 Å². The van der Waals surface area contributed by atoms with Crippen molar-refractivity contribution in [2.45, 2.75) is 49.2 Å². The van der Waals surface area contributed by atoms with Gasteiger partial charge in [0.25, 0.3) is 0 Å². The number of benzene rings is 1. The number of fused-ring (bicyclic) bond motifs is 1. The van der Waals surface area contributed by atoms with Gasteiger partial charge in [0, 0.05) is 81.6 Å². The lowest BCUT2D eigenvalue weighted by Crippen LogP contribution is -2.47. The lowest BCUT2D eigenvalue weighted by Gasteiger charge is -2.36. The van der Waals surface area contributed by atoms with Crippen LogP contribution in [0.4, 0.5) is 17.5 Å². The number of hydrogen-bond donors (Lipinski definition) is 2. The SMILES string of the molecule is Cn1cccc1CN[C@H]1CCC[C@@H]1Nc1nc(N2CCN(c3ccccc3)CC2)nc2c1SCC2. The van der Waals surface area contributed by atoms with E-state index in [2.05, 4.69) is 80.7 Å². The molecule has 3 aromatic rings. The van der Waals surface area contributed by atoms with Gasteiger partial charge in [-0.25, -0.2) is 4.98 Å². The Morgan fingerprint density at radius 3 is 2.54 bits per heavy atom. The second-order valence-corrected chi connectivity index (χ2v) is 10.9. The molecule has 0 spiro atoms. The summed E-state index contributed by atoms with van der Waals surface area (Å²) in [5.41, 5.74) is 3.85. The predicted octanol–water partition coefficient (Wildman–Crippen LogP) is 3.91. The van der Waals surface area contributed by atoms with Crippen molar-refractivity contribution in [2.75, 3.05) is 47.0 Å². The van der Waals surface area contributed by atoms with Crippen molar-refractivity contribution in [2.24, 2.45) is 7.05 Å². The number of hydrogen-bond acceptors (Lipinski definition) is 7. The summed E-state index contributed by atoms with van der Waals surface area (Å²) in [7, 11) is 2.12. The van der Waals surface area contributed by atoms with E-state index in [-0.39, 0.29) is 0 Å². The van der Waals surface area contributed by atoms with Crippen LogP contribution in [0.2, 0.25) is 0 Å². The maximum Gasteiger partial charge on any atom is 0.227 e. The molecule has 1 saturated carbocycles. The van der Waals surface area contributed by atoms with Crippen LogP contribution in [-0.4, -0.2) is 58.6 Å². The van der Waals surface area contributed by atoms with Crippen molar-refractivity contribution in [1.82, 2.24) is 19.9 Å². The van der Waals surface area contributed by atoms with Crippen LogP contribution >= 0.6 is 11.8 Å². The van der Waals surface area contributed by atoms with Crippen molar-refractivity contribution >= 4 is 29.2 Å². The van der Waals surface area contributed by atoms with Gasteiger partial charge in [0.15, 0.2) is 0 Å². The highest BCUT2D eigenvalue weighted by atomic mass is 32.2. The van der Waals surface area contributed by atoms with Crippen molar-refractivity contribution < 1.29 is 0 Å². The standard InChI is InChI=1S/C27H35N7S/c1-32-13-6-9-21(32)19-28-22-10-5-11-23(22)29-26-25-24(12-18-35-25)30-27(31-26)34-16-14-33(15-17-34)20-7-3-2-4-8-20/h2-4,6-9,13,22-23,28H,5,10-12,14-19H2,1H3,(H,29,30,31)/t22-,23-/m0/s1. The molecule has 35 heavy (non-hydrogen) atoms. The van der Waals surface area contributed by atoms with Gasteiger partial charge in [-0.2, -0.15) is 4.98 Å². The van der Waals surface area contributed by atoms with Crippen LogP contribution in [0.15, 0.2) is 53.6 Å². The molecule has 0 amide bonds. The molecule has 1 aliphatic carbocycles. The summed E-state index contributed by atoms with van der Waals surface area (Å²) >= 11 is 1.91. The minimum absolute atomic E-state index is 0.401. The molecule has 0 bridgehead atoms. The summed E-state index contributed by atoms with van der Waals surface area (Å²) in [6.45, 7) is 4.79. The Bertz CT molecular complexity index is 1140. The van der Waals surface area contributed by atoms with Crippen LogP contribution in [0.25, 0.3) is 0 Å². The lowest BCUT2D eigenvalue weighted by atomic mass is 10.1. The fourth-order valence-corrected chi connectivity index (χ4v) is 6.62. The summed E-state index contributed by atoms with van der Waals surface area (Å²) in [5, 5.41) is 7.68. The Kier molecular flexibility index (Phi) is 6.57. The van der Waals surface area contributed by atoms with Crippen LogP contribution in [-0.2, 0) is 20.0 Å². The first-order chi connectivity index (χ1) is 17.2. The van der Waals surface area contributed by atoms with E-state index in [1.54, 1.807) is 0 Å². The minimum Gasteiger partial charge on any atom is -0.368 e. The van der Waals surface area contributed by atoms with Gasteiger partial charge in [-0.05, 0) is 43.5 Å². The van der Waals surface area contributed by atoms with E-state index in [0.717, 1.165) is 56.7 Å². The Hall–Kier alpha value is -2.71.